The van der Waals surface area contributed by atoms with E-state index in [1.54, 1.807) is 6.92 Å². The Morgan fingerprint density at radius 2 is 1.68 bits per heavy atom. The van der Waals surface area contributed by atoms with Crippen LogP contribution < -0.4 is 21.6 Å². The van der Waals surface area contributed by atoms with Crippen LogP contribution in [0.3, 0.4) is 0 Å². The zero-order valence-corrected chi connectivity index (χ0v) is 22.3. The highest BCUT2D eigenvalue weighted by atomic mass is 16.5. The minimum atomic E-state index is -0.783. The summed E-state index contributed by atoms with van der Waals surface area (Å²) in [6, 6.07) is 1.49. The summed E-state index contributed by atoms with van der Waals surface area (Å²) in [6.07, 6.45) is 1.39. The number of rotatable bonds is 10. The van der Waals surface area contributed by atoms with Crippen molar-refractivity contribution in [2.75, 3.05) is 59.4 Å². The third-order valence-electron chi connectivity index (χ3n) is 5.98. The van der Waals surface area contributed by atoms with Gasteiger partial charge in [0.25, 0.3) is 0 Å². The first-order chi connectivity index (χ1) is 17.4. The molecular formula is C26H35N5O6. The summed E-state index contributed by atoms with van der Waals surface area (Å²) in [5.74, 6) is -1.07. The molecule has 0 fully saturated rings. The molecule has 11 heteroatoms. The molecule has 0 spiro atoms. The largest absolute Gasteiger partial charge is 0.462 e. The second-order valence-corrected chi connectivity index (χ2v) is 9.57. The number of fused-ring (bicyclic) bond motifs is 2. The average Bonchev–Trinajstić information content (AvgIpc) is 2.82. The van der Waals surface area contributed by atoms with Crippen LogP contribution in [0.1, 0.15) is 40.7 Å². The van der Waals surface area contributed by atoms with Gasteiger partial charge in [-0.25, -0.2) is 9.78 Å². The Morgan fingerprint density at radius 1 is 1.03 bits per heavy atom. The number of hydrogen-bond acceptors (Lipinski definition) is 11. The third kappa shape index (κ3) is 6.17. The molecule has 0 aromatic heterocycles. The monoisotopic (exact) mass is 513 g/mol. The summed E-state index contributed by atoms with van der Waals surface area (Å²) >= 11 is 0. The highest BCUT2D eigenvalue weighted by Gasteiger charge is 2.30. The molecule has 200 valence electrons. The van der Waals surface area contributed by atoms with E-state index in [0.717, 1.165) is 6.54 Å². The fourth-order valence-corrected chi connectivity index (χ4v) is 3.87. The van der Waals surface area contributed by atoms with Crippen molar-refractivity contribution in [3.8, 4) is 17.2 Å². The molecule has 1 aliphatic heterocycles. The third-order valence-corrected chi connectivity index (χ3v) is 5.98. The Bertz CT molecular complexity index is 1350. The summed E-state index contributed by atoms with van der Waals surface area (Å²) in [5, 5.41) is 0. The van der Waals surface area contributed by atoms with Gasteiger partial charge in [0.05, 0.1) is 12.3 Å². The number of carbonyl (C=O) groups is 2. The zero-order valence-electron chi connectivity index (χ0n) is 22.3. The van der Waals surface area contributed by atoms with E-state index in [1.807, 2.05) is 38.0 Å². The number of carbonyl (C=O) groups excluding carboxylic acids is 2. The van der Waals surface area contributed by atoms with Crippen molar-refractivity contribution in [3.63, 3.8) is 0 Å². The molecule has 0 atom stereocenters. The molecule has 0 saturated heterocycles. The molecule has 1 heterocycles. The summed E-state index contributed by atoms with van der Waals surface area (Å²) in [5.41, 5.74) is 12.8. The lowest BCUT2D eigenvalue weighted by Gasteiger charge is -2.18. The maximum absolute atomic E-state index is 13.0. The fourth-order valence-electron chi connectivity index (χ4n) is 3.87. The van der Waals surface area contributed by atoms with Crippen molar-refractivity contribution in [1.29, 1.82) is 0 Å². The van der Waals surface area contributed by atoms with E-state index >= 15 is 0 Å². The first-order valence-corrected chi connectivity index (χ1v) is 12.0. The number of aryl methyl sites for hydroxylation is 1. The zero-order chi connectivity index (χ0) is 27.4. The van der Waals surface area contributed by atoms with Gasteiger partial charge in [-0.05, 0) is 61.4 Å². The maximum Gasteiger partial charge on any atom is 0.342 e. The van der Waals surface area contributed by atoms with Crippen LogP contribution in [-0.4, -0.2) is 74.6 Å². The number of benzene rings is 2. The van der Waals surface area contributed by atoms with E-state index in [4.69, 9.17) is 25.4 Å². The number of anilines is 2. The standard InChI is InChI=1S/C26H35N5O6/c1-14-16(27)13-17(36-18(32)9-7-10-30(3)4)21-24(14)37-25-15(2)23(33)20(28)19(22(25)29-21)26(34)35-12-8-11-31(5)6/h13H,7-12,27-28H2,1-6H3. The first kappa shape index (κ1) is 27.9. The SMILES string of the molecule is Cc1c2oc3c(C)c(N)cc(OC(=O)CCCN(C)C)c3nc-2c(C(=O)OCCCN(C)C)c(N)c1=O. The number of aromatic nitrogens is 1. The lowest BCUT2D eigenvalue weighted by molar-refractivity contribution is -0.134. The lowest BCUT2D eigenvalue weighted by atomic mass is 10.0. The number of hydrogen-bond donors (Lipinski definition) is 2. The van der Waals surface area contributed by atoms with Crippen molar-refractivity contribution in [2.24, 2.45) is 0 Å². The Hall–Kier alpha value is -3.70. The Morgan fingerprint density at radius 3 is 2.32 bits per heavy atom. The quantitative estimate of drug-likeness (QED) is 0.135. The Labute approximate surface area is 215 Å². The van der Waals surface area contributed by atoms with Gasteiger partial charge in [0.2, 0.25) is 5.43 Å². The van der Waals surface area contributed by atoms with E-state index in [9.17, 15) is 14.4 Å². The summed E-state index contributed by atoms with van der Waals surface area (Å²) in [7, 11) is 7.66. The number of ether oxygens (including phenoxy) is 2. The number of esters is 2. The molecule has 3 rings (SSSR count). The van der Waals surface area contributed by atoms with Crippen LogP contribution in [0, 0.1) is 13.8 Å². The Balaban J connectivity index is 2.12. The van der Waals surface area contributed by atoms with Crippen molar-refractivity contribution < 1.29 is 23.5 Å². The second kappa shape index (κ2) is 11.6. The van der Waals surface area contributed by atoms with E-state index in [1.165, 1.54) is 13.0 Å². The minimum absolute atomic E-state index is 0.0498. The first-order valence-electron chi connectivity index (χ1n) is 12.0. The highest BCUT2D eigenvalue weighted by Crippen LogP contribution is 2.38. The molecule has 1 aromatic rings. The van der Waals surface area contributed by atoms with Crippen LogP contribution in [-0.2, 0) is 9.53 Å². The molecular weight excluding hydrogens is 478 g/mol. The van der Waals surface area contributed by atoms with Gasteiger partial charge in [0, 0.05) is 35.8 Å². The minimum Gasteiger partial charge on any atom is -0.462 e. The molecule has 4 N–H and O–H groups in total. The molecule has 37 heavy (non-hydrogen) atoms. The van der Waals surface area contributed by atoms with Crippen LogP contribution in [0.2, 0.25) is 0 Å². The van der Waals surface area contributed by atoms with Crippen LogP contribution in [0.25, 0.3) is 22.6 Å². The van der Waals surface area contributed by atoms with Gasteiger partial charge in [-0.1, -0.05) is 0 Å². The van der Waals surface area contributed by atoms with Gasteiger partial charge in [-0.15, -0.1) is 0 Å². The maximum atomic E-state index is 13.0. The highest BCUT2D eigenvalue weighted by molar-refractivity contribution is 6.03. The van der Waals surface area contributed by atoms with Gasteiger partial charge in [-0.2, -0.15) is 0 Å². The van der Waals surface area contributed by atoms with E-state index < -0.39 is 17.4 Å². The van der Waals surface area contributed by atoms with E-state index in [2.05, 4.69) is 4.98 Å². The fraction of sp³-hybridized carbons (Fsp3) is 0.462. The van der Waals surface area contributed by atoms with Gasteiger partial charge in [0.15, 0.2) is 17.1 Å². The smallest absolute Gasteiger partial charge is 0.342 e. The topological polar surface area (TPSA) is 154 Å². The molecule has 0 amide bonds. The lowest BCUT2D eigenvalue weighted by Crippen LogP contribution is -2.23. The van der Waals surface area contributed by atoms with Gasteiger partial charge in [-0.3, -0.25) is 9.59 Å². The van der Waals surface area contributed by atoms with Gasteiger partial charge >= 0.3 is 11.9 Å². The molecule has 0 saturated carbocycles. The number of nitrogen functional groups attached to an aromatic ring is 2. The summed E-state index contributed by atoms with van der Waals surface area (Å²) in [6.45, 7) is 4.84. The molecule has 0 radical (unpaired) electrons. The van der Waals surface area contributed by atoms with Crippen molar-refractivity contribution in [2.45, 2.75) is 33.1 Å². The number of nitrogens with zero attached hydrogens (tertiary/aromatic N) is 3. The van der Waals surface area contributed by atoms with Crippen molar-refractivity contribution >= 4 is 34.4 Å². The van der Waals surface area contributed by atoms with Crippen LogP contribution in [0.5, 0.6) is 5.75 Å². The molecule has 2 aliphatic rings. The van der Waals surface area contributed by atoms with Crippen LogP contribution in [0.4, 0.5) is 11.4 Å². The van der Waals surface area contributed by atoms with E-state index in [-0.39, 0.29) is 58.1 Å². The van der Waals surface area contributed by atoms with Gasteiger partial charge in [0.1, 0.15) is 16.8 Å². The predicted molar refractivity (Wildman–Crippen MR) is 142 cm³/mol. The molecule has 1 aromatic carbocycles. The van der Waals surface area contributed by atoms with E-state index in [0.29, 0.717) is 30.6 Å². The predicted octanol–water partition coefficient (Wildman–Crippen LogP) is 2.43. The van der Waals surface area contributed by atoms with Crippen LogP contribution in [0.15, 0.2) is 15.3 Å². The number of nitrogens with two attached hydrogens (primary N) is 2. The summed E-state index contributed by atoms with van der Waals surface area (Å²) < 4.78 is 17.1. The van der Waals surface area contributed by atoms with Crippen molar-refractivity contribution in [1.82, 2.24) is 14.8 Å². The van der Waals surface area contributed by atoms with Gasteiger partial charge < -0.3 is 35.2 Å². The summed E-state index contributed by atoms with van der Waals surface area (Å²) in [4.78, 5) is 47.0. The normalized spacial score (nSPS) is 11.6. The van der Waals surface area contributed by atoms with Crippen LogP contribution >= 0.6 is 0 Å². The average molecular weight is 514 g/mol. The second-order valence-electron chi connectivity index (χ2n) is 9.57. The van der Waals surface area contributed by atoms with Crippen molar-refractivity contribution in [3.05, 3.63) is 33.0 Å². The molecule has 11 nitrogen and oxygen atoms in total. The Kier molecular flexibility index (Phi) is 8.72. The molecule has 1 aliphatic carbocycles. The molecule has 0 bridgehead atoms. The molecule has 0 unspecified atom stereocenters.